The number of carbonyl (C=O) groups is 1. The van der Waals surface area contributed by atoms with Crippen LogP contribution in [0.5, 0.6) is 0 Å². The Bertz CT molecular complexity index is 1150. The van der Waals surface area contributed by atoms with Crippen molar-refractivity contribution in [2.75, 3.05) is 62.0 Å². The summed E-state index contributed by atoms with van der Waals surface area (Å²) in [6.07, 6.45) is 4.80. The number of fused-ring (bicyclic) bond motifs is 1. The number of nitrogens with two attached hydrogens (primary N) is 1. The maximum atomic E-state index is 13.4. The van der Waals surface area contributed by atoms with Gasteiger partial charge in [0.25, 0.3) is 0 Å². The van der Waals surface area contributed by atoms with Gasteiger partial charge in [-0.05, 0) is 18.4 Å². The van der Waals surface area contributed by atoms with Gasteiger partial charge in [0.1, 0.15) is 5.82 Å². The number of ether oxygens (including phenoxy) is 1. The summed E-state index contributed by atoms with van der Waals surface area (Å²) in [5.41, 5.74) is 9.32. The first-order valence-corrected chi connectivity index (χ1v) is 11.5. The van der Waals surface area contributed by atoms with Crippen LogP contribution >= 0.6 is 0 Å². The monoisotopic (exact) mass is 460 g/mol. The first-order valence-electron chi connectivity index (χ1n) is 11.5. The molecule has 4 heterocycles. The van der Waals surface area contributed by atoms with Crippen molar-refractivity contribution in [2.24, 2.45) is 0 Å². The molecule has 2 N–H and O–H groups in total. The lowest BCUT2D eigenvalue weighted by atomic mass is 10.1. The molecule has 1 aromatic carbocycles. The first-order chi connectivity index (χ1) is 16.6. The van der Waals surface area contributed by atoms with E-state index in [4.69, 9.17) is 20.4 Å². The van der Waals surface area contributed by atoms with Gasteiger partial charge in [0.15, 0.2) is 0 Å². The first kappa shape index (κ1) is 22.0. The number of nitrogen functional groups attached to an aromatic ring is 1. The molecule has 10 nitrogen and oxygen atoms in total. The minimum atomic E-state index is -0.0687. The highest BCUT2D eigenvalue weighted by Crippen LogP contribution is 2.35. The molecule has 0 atom stereocenters. The Labute approximate surface area is 198 Å². The Balaban J connectivity index is 1.45. The van der Waals surface area contributed by atoms with Crippen LogP contribution in [0, 0.1) is 0 Å². The van der Waals surface area contributed by atoms with Crippen LogP contribution in [0.15, 0.2) is 42.7 Å². The largest absolute Gasteiger partial charge is 0.378 e. The number of amides is 2. The fourth-order valence-electron chi connectivity index (χ4n) is 4.28. The number of rotatable bonds is 5. The van der Waals surface area contributed by atoms with E-state index in [-0.39, 0.29) is 12.0 Å². The molecular weight excluding hydrogens is 432 g/mol. The number of morpholine rings is 1. The van der Waals surface area contributed by atoms with Crippen LogP contribution in [0.2, 0.25) is 0 Å². The average Bonchev–Trinajstić information content (AvgIpc) is 3.32. The zero-order valence-electron chi connectivity index (χ0n) is 19.2. The molecule has 0 aliphatic carbocycles. The molecule has 0 unspecified atom stereocenters. The molecule has 34 heavy (non-hydrogen) atoms. The SMILES string of the molecule is CN(CCc1ccccc1)C(=O)N1CCc2c(-c3cnc(N)nc3)nc(N3CCOCC3)nc21. The van der Waals surface area contributed by atoms with Crippen molar-refractivity contribution in [3.63, 3.8) is 0 Å². The minimum absolute atomic E-state index is 0.0687. The van der Waals surface area contributed by atoms with Gasteiger partial charge in [-0.3, -0.25) is 4.90 Å². The molecule has 5 rings (SSSR count). The minimum Gasteiger partial charge on any atom is -0.378 e. The highest BCUT2D eigenvalue weighted by molar-refractivity contribution is 5.94. The molecule has 1 fully saturated rings. The molecule has 0 spiro atoms. The van der Waals surface area contributed by atoms with Crippen LogP contribution in [0.4, 0.5) is 22.5 Å². The number of urea groups is 1. The topological polar surface area (TPSA) is 114 Å². The van der Waals surface area contributed by atoms with Gasteiger partial charge in [-0.25, -0.2) is 19.7 Å². The molecule has 0 bridgehead atoms. The summed E-state index contributed by atoms with van der Waals surface area (Å²) in [5, 5.41) is 0. The van der Waals surface area contributed by atoms with Gasteiger partial charge in [0.05, 0.1) is 18.9 Å². The van der Waals surface area contributed by atoms with Gasteiger partial charge in [-0.15, -0.1) is 0 Å². The Morgan fingerprint density at radius 2 is 1.82 bits per heavy atom. The second-order valence-electron chi connectivity index (χ2n) is 8.45. The normalized spacial score (nSPS) is 15.3. The number of hydrogen-bond acceptors (Lipinski definition) is 8. The summed E-state index contributed by atoms with van der Waals surface area (Å²) in [5.74, 6) is 1.44. The number of aromatic nitrogens is 4. The van der Waals surface area contributed by atoms with Gasteiger partial charge in [0.2, 0.25) is 11.9 Å². The summed E-state index contributed by atoms with van der Waals surface area (Å²) in [7, 11) is 1.84. The van der Waals surface area contributed by atoms with Crippen molar-refractivity contribution in [2.45, 2.75) is 12.8 Å². The molecule has 3 aromatic rings. The van der Waals surface area contributed by atoms with Crippen LogP contribution in [0.25, 0.3) is 11.3 Å². The lowest BCUT2D eigenvalue weighted by molar-refractivity contribution is 0.122. The van der Waals surface area contributed by atoms with Crippen molar-refractivity contribution < 1.29 is 9.53 Å². The molecule has 2 amide bonds. The predicted octanol–water partition coefficient (Wildman–Crippen LogP) is 2.01. The lowest BCUT2D eigenvalue weighted by Gasteiger charge is -2.29. The summed E-state index contributed by atoms with van der Waals surface area (Å²) < 4.78 is 5.49. The van der Waals surface area contributed by atoms with Crippen molar-refractivity contribution in [3.8, 4) is 11.3 Å². The van der Waals surface area contributed by atoms with E-state index in [9.17, 15) is 4.79 Å². The standard InChI is InChI=1S/C24H28N8O2/c1-30(9-7-17-5-3-2-4-6-17)24(33)32-10-8-19-20(18-15-26-22(25)27-16-18)28-23(29-21(19)32)31-11-13-34-14-12-31/h2-6,15-16H,7-14H2,1H3,(H2,25,26,27). The fourth-order valence-corrected chi connectivity index (χ4v) is 4.28. The number of benzene rings is 1. The van der Waals surface area contributed by atoms with E-state index >= 15 is 0 Å². The highest BCUT2D eigenvalue weighted by Gasteiger charge is 2.33. The van der Waals surface area contributed by atoms with Crippen molar-refractivity contribution >= 4 is 23.7 Å². The molecule has 2 aliphatic heterocycles. The van der Waals surface area contributed by atoms with Gasteiger partial charge in [-0.2, -0.15) is 4.98 Å². The van der Waals surface area contributed by atoms with Crippen LogP contribution in [0.1, 0.15) is 11.1 Å². The van der Waals surface area contributed by atoms with Crippen molar-refractivity contribution in [3.05, 3.63) is 53.9 Å². The maximum Gasteiger partial charge on any atom is 0.325 e. The van der Waals surface area contributed by atoms with Crippen LogP contribution in [-0.4, -0.2) is 77.3 Å². The Morgan fingerprint density at radius 1 is 1.09 bits per heavy atom. The van der Waals surface area contributed by atoms with E-state index in [0.29, 0.717) is 57.6 Å². The quantitative estimate of drug-likeness (QED) is 0.615. The molecule has 2 aliphatic rings. The Kier molecular flexibility index (Phi) is 6.22. The predicted molar refractivity (Wildman–Crippen MR) is 130 cm³/mol. The number of carbonyl (C=O) groups excluding carboxylic acids is 1. The molecule has 176 valence electrons. The second-order valence-corrected chi connectivity index (χ2v) is 8.45. The van der Waals surface area contributed by atoms with Gasteiger partial charge < -0.3 is 20.3 Å². The third-order valence-electron chi connectivity index (χ3n) is 6.19. The van der Waals surface area contributed by atoms with E-state index in [0.717, 1.165) is 23.2 Å². The van der Waals surface area contributed by atoms with Crippen molar-refractivity contribution in [1.82, 2.24) is 24.8 Å². The van der Waals surface area contributed by atoms with Crippen LogP contribution < -0.4 is 15.5 Å². The smallest absolute Gasteiger partial charge is 0.325 e. The van der Waals surface area contributed by atoms with Crippen LogP contribution in [-0.2, 0) is 17.6 Å². The third-order valence-corrected chi connectivity index (χ3v) is 6.19. The summed E-state index contributed by atoms with van der Waals surface area (Å²) >= 11 is 0. The van der Waals surface area contributed by atoms with Gasteiger partial charge in [-0.1, -0.05) is 30.3 Å². The van der Waals surface area contributed by atoms with E-state index in [1.807, 2.05) is 25.2 Å². The number of hydrogen-bond donors (Lipinski definition) is 1. The number of likely N-dealkylation sites (N-methyl/N-ethyl adjacent to an activating group) is 1. The molecule has 10 heteroatoms. The molecule has 2 aromatic heterocycles. The number of anilines is 3. The fraction of sp³-hybridized carbons (Fsp3) is 0.375. The van der Waals surface area contributed by atoms with E-state index in [2.05, 4.69) is 27.0 Å². The summed E-state index contributed by atoms with van der Waals surface area (Å²) in [4.78, 5) is 37.0. The summed E-state index contributed by atoms with van der Waals surface area (Å²) in [6.45, 7) is 3.79. The lowest BCUT2D eigenvalue weighted by Crippen LogP contribution is -2.42. The summed E-state index contributed by atoms with van der Waals surface area (Å²) in [6, 6.07) is 10.1. The Morgan fingerprint density at radius 3 is 2.56 bits per heavy atom. The van der Waals surface area contributed by atoms with E-state index in [1.165, 1.54) is 5.56 Å². The van der Waals surface area contributed by atoms with Crippen molar-refractivity contribution in [1.29, 1.82) is 0 Å². The van der Waals surface area contributed by atoms with E-state index < -0.39 is 0 Å². The highest BCUT2D eigenvalue weighted by atomic mass is 16.5. The number of nitrogens with zero attached hydrogens (tertiary/aromatic N) is 7. The Hall–Kier alpha value is -3.79. The third kappa shape index (κ3) is 4.49. The van der Waals surface area contributed by atoms with E-state index in [1.54, 1.807) is 22.2 Å². The van der Waals surface area contributed by atoms with Gasteiger partial charge >= 0.3 is 6.03 Å². The van der Waals surface area contributed by atoms with Crippen LogP contribution in [0.3, 0.4) is 0 Å². The maximum absolute atomic E-state index is 13.4. The molecular formula is C24H28N8O2. The average molecular weight is 461 g/mol. The zero-order chi connectivity index (χ0) is 23.5. The molecule has 1 saturated heterocycles. The molecule has 0 saturated carbocycles. The second kappa shape index (κ2) is 9.60. The zero-order valence-corrected chi connectivity index (χ0v) is 19.2. The van der Waals surface area contributed by atoms with Gasteiger partial charge in [0, 0.05) is 56.7 Å². The molecule has 0 radical (unpaired) electrons.